The number of hydrogen-bond acceptors (Lipinski definition) is 5. The Balaban J connectivity index is 0.000000411. The first-order chi connectivity index (χ1) is 16.0. The third-order valence-electron chi connectivity index (χ3n) is 4.02. The number of carbonyl (C=O) groups excluding carboxylic acids is 1. The number of carbonyl (C=O) groups is 1. The number of phenols is 1. The Morgan fingerprint density at radius 3 is 2.18 bits per heavy atom. The predicted octanol–water partition coefficient (Wildman–Crippen LogP) is 6.65. The molecule has 0 spiro atoms. The molecule has 0 fully saturated rings. The lowest BCUT2D eigenvalue weighted by molar-refractivity contribution is -0.140. The van der Waals surface area contributed by atoms with Crippen molar-refractivity contribution in [3.8, 4) is 5.75 Å². The average molecular weight is 467 g/mol. The quantitative estimate of drug-likeness (QED) is 0.194. The van der Waals surface area contributed by atoms with Crippen molar-refractivity contribution in [1.82, 2.24) is 0 Å². The average Bonchev–Trinajstić information content (AvgIpc) is 2.77. The lowest BCUT2D eigenvalue weighted by atomic mass is 10.1. The lowest BCUT2D eigenvalue weighted by Crippen LogP contribution is -2.18. The van der Waals surface area contributed by atoms with Gasteiger partial charge in [-0.2, -0.15) is 0 Å². The maximum absolute atomic E-state index is 11.0. The van der Waals surface area contributed by atoms with Gasteiger partial charge in [-0.3, -0.25) is 0 Å². The fourth-order valence-corrected chi connectivity index (χ4v) is 2.52. The number of rotatable bonds is 9. The van der Waals surface area contributed by atoms with Gasteiger partial charge in [-0.1, -0.05) is 69.0 Å². The summed E-state index contributed by atoms with van der Waals surface area (Å²) in [4.78, 5) is 11.0. The van der Waals surface area contributed by atoms with Gasteiger partial charge in [-0.05, 0) is 62.1 Å². The molecule has 5 nitrogen and oxygen atoms in total. The third-order valence-corrected chi connectivity index (χ3v) is 4.02. The Morgan fingerprint density at radius 1 is 1.03 bits per heavy atom. The maximum atomic E-state index is 11.0. The Labute approximate surface area is 204 Å². The summed E-state index contributed by atoms with van der Waals surface area (Å²) in [6.45, 7) is 14.2. The summed E-state index contributed by atoms with van der Waals surface area (Å²) >= 11 is 0. The van der Waals surface area contributed by atoms with Crippen molar-refractivity contribution in [2.24, 2.45) is 5.92 Å². The fraction of sp³-hybridized carbons (Fsp3) is 0.345. The second-order valence-corrected chi connectivity index (χ2v) is 9.13. The van der Waals surface area contributed by atoms with Crippen LogP contribution in [0.4, 0.5) is 0 Å². The van der Waals surface area contributed by atoms with Crippen LogP contribution in [0.2, 0.25) is 0 Å². The summed E-state index contributed by atoms with van der Waals surface area (Å²) in [6.07, 6.45) is 5.94. The van der Waals surface area contributed by atoms with E-state index in [0.29, 0.717) is 18.1 Å². The van der Waals surface area contributed by atoms with Gasteiger partial charge >= 0.3 is 5.97 Å². The van der Waals surface area contributed by atoms with Crippen molar-refractivity contribution in [3.63, 3.8) is 0 Å². The van der Waals surface area contributed by atoms with Crippen molar-refractivity contribution in [2.45, 2.75) is 40.2 Å². The zero-order valence-electron chi connectivity index (χ0n) is 21.2. The predicted molar refractivity (Wildman–Crippen MR) is 139 cm³/mol. The van der Waals surface area contributed by atoms with E-state index in [1.807, 2.05) is 95.3 Å². The smallest absolute Gasteiger partial charge is 0.335 e. The first kappa shape index (κ1) is 28.7. The molecule has 0 aliphatic carbocycles. The highest BCUT2D eigenvalue weighted by molar-refractivity contribution is 5.87. The lowest BCUT2D eigenvalue weighted by Gasteiger charge is -2.22. The molecule has 0 bridgehead atoms. The molecule has 184 valence electrons. The molecule has 2 aromatic carbocycles. The Bertz CT molecular complexity index is 933. The molecule has 5 heteroatoms. The molecule has 0 heterocycles. The van der Waals surface area contributed by atoms with Gasteiger partial charge in [0.2, 0.25) is 0 Å². The molecular formula is C29H38O5. The van der Waals surface area contributed by atoms with Crippen molar-refractivity contribution in [2.75, 3.05) is 20.3 Å². The molecule has 0 aliphatic rings. The van der Waals surface area contributed by atoms with E-state index in [0.717, 1.165) is 16.9 Å². The van der Waals surface area contributed by atoms with E-state index in [9.17, 15) is 9.90 Å². The molecule has 0 radical (unpaired) electrons. The van der Waals surface area contributed by atoms with Gasteiger partial charge in [0, 0.05) is 7.11 Å². The second kappa shape index (κ2) is 14.8. The topological polar surface area (TPSA) is 65.0 Å². The minimum Gasteiger partial charge on any atom is -0.508 e. The van der Waals surface area contributed by atoms with Crippen molar-refractivity contribution < 1.29 is 24.1 Å². The minimum atomic E-state index is -0.370. The number of aromatic hydroxyl groups is 1. The molecule has 0 saturated heterocycles. The highest BCUT2D eigenvalue weighted by atomic mass is 16.5. The molecule has 0 aromatic heterocycles. The largest absolute Gasteiger partial charge is 0.508 e. The van der Waals surface area contributed by atoms with Crippen LogP contribution in [0.5, 0.6) is 5.75 Å². The number of benzene rings is 2. The van der Waals surface area contributed by atoms with Crippen molar-refractivity contribution in [1.29, 1.82) is 0 Å². The molecule has 2 aromatic rings. The molecule has 1 N–H and O–H groups in total. The van der Waals surface area contributed by atoms with Crippen LogP contribution in [-0.4, -0.2) is 37.0 Å². The summed E-state index contributed by atoms with van der Waals surface area (Å²) < 4.78 is 15.6. The number of ether oxygens (including phenoxy) is 3. The van der Waals surface area contributed by atoms with Gasteiger partial charge in [0.1, 0.15) is 17.1 Å². The normalized spacial score (nSPS) is 11.7. The van der Waals surface area contributed by atoms with Crippen LogP contribution >= 0.6 is 0 Å². The van der Waals surface area contributed by atoms with Crippen LogP contribution in [0.1, 0.15) is 45.7 Å². The van der Waals surface area contributed by atoms with E-state index in [-0.39, 0.29) is 23.9 Å². The zero-order valence-corrected chi connectivity index (χ0v) is 21.2. The summed E-state index contributed by atoms with van der Waals surface area (Å²) in [7, 11) is 1.51. The van der Waals surface area contributed by atoms with E-state index in [2.05, 4.69) is 6.58 Å². The van der Waals surface area contributed by atoms with Gasteiger partial charge in [-0.15, -0.1) is 0 Å². The maximum Gasteiger partial charge on any atom is 0.335 e. The highest BCUT2D eigenvalue weighted by Gasteiger charge is 2.12. The van der Waals surface area contributed by atoms with Gasteiger partial charge in [-0.25, -0.2) is 4.79 Å². The molecule has 0 atom stereocenters. The molecule has 0 amide bonds. The van der Waals surface area contributed by atoms with Gasteiger partial charge < -0.3 is 19.3 Å². The Morgan fingerprint density at radius 2 is 1.65 bits per heavy atom. The van der Waals surface area contributed by atoms with E-state index < -0.39 is 0 Å². The van der Waals surface area contributed by atoms with E-state index in [4.69, 9.17) is 14.2 Å². The number of methoxy groups -OCH3 is 1. The van der Waals surface area contributed by atoms with Crippen LogP contribution in [0, 0.1) is 5.92 Å². The van der Waals surface area contributed by atoms with Crippen LogP contribution in [0.25, 0.3) is 12.2 Å². The number of allylic oxidation sites excluding steroid dienone is 1. The Kier molecular flexibility index (Phi) is 12.5. The van der Waals surface area contributed by atoms with Crippen LogP contribution < -0.4 is 0 Å². The molecule has 0 aliphatic heterocycles. The van der Waals surface area contributed by atoms with Crippen molar-refractivity contribution >= 4 is 18.1 Å². The fourth-order valence-electron chi connectivity index (χ4n) is 2.52. The zero-order chi connectivity index (χ0) is 25.6. The van der Waals surface area contributed by atoms with E-state index in [1.54, 1.807) is 12.1 Å². The number of hydrogen-bond donors (Lipinski definition) is 1. The van der Waals surface area contributed by atoms with Gasteiger partial charge in [0.25, 0.3) is 0 Å². The summed E-state index contributed by atoms with van der Waals surface area (Å²) in [5, 5.41) is 9.32. The molecule has 2 rings (SSSR count). The third kappa shape index (κ3) is 13.3. The molecule has 34 heavy (non-hydrogen) atoms. The summed E-state index contributed by atoms with van der Waals surface area (Å²) in [5.74, 6) is 1.05. The first-order valence-electron chi connectivity index (χ1n) is 11.3. The molecule has 0 unspecified atom stereocenters. The SMILES string of the molecule is C=C(COC)C(=O)OCC(C)C.CC(C)(C)OC(C=Cc1ccc(O)cc1)=Cc1ccccc1. The Hall–Kier alpha value is -3.31. The second-order valence-electron chi connectivity index (χ2n) is 9.13. The summed E-state index contributed by atoms with van der Waals surface area (Å²) in [6, 6.07) is 17.2. The monoisotopic (exact) mass is 466 g/mol. The van der Waals surface area contributed by atoms with Crippen LogP contribution in [0.15, 0.2) is 78.6 Å². The highest BCUT2D eigenvalue weighted by Crippen LogP contribution is 2.19. The van der Waals surface area contributed by atoms with Crippen molar-refractivity contribution in [3.05, 3.63) is 89.7 Å². The molecular weight excluding hydrogens is 428 g/mol. The number of phenolic OH excluding ortho intramolecular Hbond substituents is 1. The standard InChI is InChI=1S/C20H22O2.C9H16O3/c1-20(2,3)22-19(15-17-7-5-4-6-8-17)14-11-16-9-12-18(21)13-10-16;1-7(2)5-12-9(10)8(3)6-11-4/h4-15,21H,1-3H3;7H,3,5-6H2,1-2,4H3. The van der Waals surface area contributed by atoms with Crippen LogP contribution in [0.3, 0.4) is 0 Å². The van der Waals surface area contributed by atoms with E-state index in [1.165, 1.54) is 7.11 Å². The van der Waals surface area contributed by atoms with Gasteiger partial charge in [0.05, 0.1) is 18.8 Å². The summed E-state index contributed by atoms with van der Waals surface area (Å²) in [5.41, 5.74) is 2.20. The van der Waals surface area contributed by atoms with Crippen LogP contribution in [-0.2, 0) is 19.0 Å². The van der Waals surface area contributed by atoms with Gasteiger partial charge in [0.15, 0.2) is 0 Å². The van der Waals surface area contributed by atoms with E-state index >= 15 is 0 Å². The molecule has 0 saturated carbocycles. The minimum absolute atomic E-state index is 0.233. The number of esters is 1. The first-order valence-corrected chi connectivity index (χ1v) is 11.3.